The van der Waals surface area contributed by atoms with Gasteiger partial charge >= 0.3 is 0 Å². The Morgan fingerprint density at radius 2 is 1.71 bits per heavy atom. The molecular formula is C20H22ClN2O-. The van der Waals surface area contributed by atoms with Gasteiger partial charge in [-0.3, -0.25) is 4.98 Å². The van der Waals surface area contributed by atoms with Crippen LogP contribution >= 0.6 is 0 Å². The number of halogens is 1. The topological polar surface area (TPSA) is 34.1 Å². The molecule has 0 aliphatic carbocycles. The fourth-order valence-electron chi connectivity index (χ4n) is 2.87. The summed E-state index contributed by atoms with van der Waals surface area (Å²) in [6.07, 6.45) is 0. The first kappa shape index (κ1) is 18.1. The van der Waals surface area contributed by atoms with Gasteiger partial charge in [0, 0.05) is 22.5 Å². The molecule has 4 heteroatoms. The van der Waals surface area contributed by atoms with Crippen LogP contribution in [0.5, 0.6) is 5.75 Å². The van der Waals surface area contributed by atoms with Crippen LogP contribution < -0.4 is 22.5 Å². The number of aromatic nitrogens is 1. The van der Waals surface area contributed by atoms with Crippen LogP contribution in [0.3, 0.4) is 0 Å². The maximum absolute atomic E-state index is 5.49. The zero-order chi connectivity index (χ0) is 16.4. The monoisotopic (exact) mass is 341 g/mol. The number of aryl methyl sites for hydroxylation is 3. The van der Waals surface area contributed by atoms with Crippen LogP contribution in [0, 0.1) is 20.8 Å². The molecule has 1 N–H and O–H groups in total. The van der Waals surface area contributed by atoms with Gasteiger partial charge in [0.2, 0.25) is 0 Å². The van der Waals surface area contributed by atoms with Crippen LogP contribution in [0.25, 0.3) is 10.9 Å². The average Bonchev–Trinajstić information content (AvgIpc) is 2.51. The minimum absolute atomic E-state index is 0. The Morgan fingerprint density at radius 1 is 1.00 bits per heavy atom. The Labute approximate surface area is 149 Å². The largest absolute Gasteiger partial charge is 1.00 e. The minimum atomic E-state index is 0. The number of hydrogen-bond acceptors (Lipinski definition) is 3. The highest BCUT2D eigenvalue weighted by Gasteiger charge is 2.08. The Bertz CT molecular complexity index is 844. The highest BCUT2D eigenvalue weighted by Crippen LogP contribution is 2.30. The molecule has 24 heavy (non-hydrogen) atoms. The number of nitrogens with zero attached hydrogens (tertiary/aromatic N) is 1. The zero-order valence-electron chi connectivity index (χ0n) is 14.5. The maximum Gasteiger partial charge on any atom is 0.119 e. The number of rotatable bonds is 4. The molecule has 1 heterocycles. The second-order valence-electron chi connectivity index (χ2n) is 5.87. The highest BCUT2D eigenvalue weighted by molar-refractivity contribution is 5.95. The van der Waals surface area contributed by atoms with Crippen molar-refractivity contribution in [3.05, 3.63) is 59.3 Å². The first-order valence-electron chi connectivity index (χ1n) is 7.95. The summed E-state index contributed by atoms with van der Waals surface area (Å²) in [6.45, 7) is 8.93. The third-order valence-corrected chi connectivity index (χ3v) is 3.82. The van der Waals surface area contributed by atoms with Crippen molar-refractivity contribution in [3.63, 3.8) is 0 Å². The second kappa shape index (κ2) is 7.54. The summed E-state index contributed by atoms with van der Waals surface area (Å²) in [5.74, 6) is 0.889. The molecule has 0 aliphatic heterocycles. The van der Waals surface area contributed by atoms with E-state index in [-0.39, 0.29) is 12.4 Å². The molecular weight excluding hydrogens is 320 g/mol. The maximum atomic E-state index is 5.49. The van der Waals surface area contributed by atoms with E-state index in [1.54, 1.807) is 0 Å². The number of benzene rings is 2. The number of pyridine rings is 1. The molecule has 126 valence electrons. The van der Waals surface area contributed by atoms with Crippen molar-refractivity contribution in [2.45, 2.75) is 27.7 Å². The van der Waals surface area contributed by atoms with Gasteiger partial charge in [-0.05, 0) is 69.7 Å². The summed E-state index contributed by atoms with van der Waals surface area (Å²) in [6, 6.07) is 14.5. The average molecular weight is 342 g/mol. The molecule has 0 atom stereocenters. The fourth-order valence-corrected chi connectivity index (χ4v) is 2.87. The standard InChI is InChI=1S/C20H22N2O.ClH/c1-5-23-17-8-6-16(7-9-17)22-19-12-15(4)21-20-14(3)10-13(2)11-18(19)20;/h6-12H,5H2,1-4H3,(H,21,22);1H/p-1. The van der Waals surface area contributed by atoms with Crippen LogP contribution in [-0.2, 0) is 0 Å². The Morgan fingerprint density at radius 3 is 2.38 bits per heavy atom. The van der Waals surface area contributed by atoms with E-state index in [2.05, 4.69) is 37.4 Å². The van der Waals surface area contributed by atoms with Gasteiger partial charge in [0.05, 0.1) is 12.1 Å². The number of fused-ring (bicyclic) bond motifs is 1. The minimum Gasteiger partial charge on any atom is -1.00 e. The Hall–Kier alpha value is -2.26. The lowest BCUT2D eigenvalue weighted by Crippen LogP contribution is -3.00. The summed E-state index contributed by atoms with van der Waals surface area (Å²) in [5.41, 5.74) is 6.65. The fraction of sp³-hybridized carbons (Fsp3) is 0.250. The lowest BCUT2D eigenvalue weighted by atomic mass is 10.0. The van der Waals surface area contributed by atoms with E-state index in [1.165, 1.54) is 11.1 Å². The predicted octanol–water partition coefficient (Wildman–Crippen LogP) is 2.31. The van der Waals surface area contributed by atoms with Crippen molar-refractivity contribution in [2.24, 2.45) is 0 Å². The van der Waals surface area contributed by atoms with Gasteiger partial charge in [0.1, 0.15) is 5.75 Å². The molecule has 0 unspecified atom stereocenters. The summed E-state index contributed by atoms with van der Waals surface area (Å²) >= 11 is 0. The molecule has 0 amide bonds. The molecule has 2 aromatic carbocycles. The summed E-state index contributed by atoms with van der Waals surface area (Å²) in [5, 5.41) is 4.67. The zero-order valence-corrected chi connectivity index (χ0v) is 15.2. The molecule has 3 nitrogen and oxygen atoms in total. The van der Waals surface area contributed by atoms with Gasteiger partial charge in [0.25, 0.3) is 0 Å². The molecule has 0 radical (unpaired) electrons. The van der Waals surface area contributed by atoms with Crippen molar-refractivity contribution in [2.75, 3.05) is 11.9 Å². The molecule has 0 saturated heterocycles. The molecule has 0 spiro atoms. The molecule has 3 rings (SSSR count). The van der Waals surface area contributed by atoms with Gasteiger partial charge in [-0.15, -0.1) is 0 Å². The number of ether oxygens (including phenoxy) is 1. The van der Waals surface area contributed by atoms with E-state index in [4.69, 9.17) is 9.72 Å². The summed E-state index contributed by atoms with van der Waals surface area (Å²) in [7, 11) is 0. The molecule has 0 saturated carbocycles. The van der Waals surface area contributed by atoms with Gasteiger partial charge in [-0.1, -0.05) is 11.6 Å². The SMILES string of the molecule is CCOc1ccc(Nc2cc(C)nc3c(C)cc(C)cc23)cc1.[Cl-]. The van der Waals surface area contributed by atoms with Crippen molar-refractivity contribution in [3.8, 4) is 5.75 Å². The Kier molecular flexibility index (Phi) is 5.68. The number of hydrogen-bond donors (Lipinski definition) is 1. The third kappa shape index (κ3) is 3.80. The second-order valence-corrected chi connectivity index (χ2v) is 5.87. The van der Waals surface area contributed by atoms with Crippen molar-refractivity contribution in [1.82, 2.24) is 4.98 Å². The number of anilines is 2. The van der Waals surface area contributed by atoms with Gasteiger partial charge < -0.3 is 22.5 Å². The van der Waals surface area contributed by atoms with E-state index in [9.17, 15) is 0 Å². The first-order chi connectivity index (χ1) is 11.1. The molecule has 1 aromatic heterocycles. The normalized spacial score (nSPS) is 10.3. The molecule has 0 aliphatic rings. The third-order valence-electron chi connectivity index (χ3n) is 3.82. The van der Waals surface area contributed by atoms with Crippen LogP contribution in [-0.4, -0.2) is 11.6 Å². The summed E-state index contributed by atoms with van der Waals surface area (Å²) < 4.78 is 5.49. The smallest absolute Gasteiger partial charge is 0.119 e. The summed E-state index contributed by atoms with van der Waals surface area (Å²) in [4.78, 5) is 4.70. The van der Waals surface area contributed by atoms with E-state index in [1.807, 2.05) is 38.1 Å². The van der Waals surface area contributed by atoms with Crippen LogP contribution in [0.1, 0.15) is 23.7 Å². The highest BCUT2D eigenvalue weighted by atomic mass is 35.5. The van der Waals surface area contributed by atoms with E-state index < -0.39 is 0 Å². The van der Waals surface area contributed by atoms with Gasteiger partial charge in [-0.2, -0.15) is 0 Å². The molecule has 0 bridgehead atoms. The van der Waals surface area contributed by atoms with E-state index >= 15 is 0 Å². The number of nitrogens with one attached hydrogen (secondary N) is 1. The Balaban J connectivity index is 0.00000208. The van der Waals surface area contributed by atoms with E-state index in [0.717, 1.165) is 33.7 Å². The van der Waals surface area contributed by atoms with Gasteiger partial charge in [-0.25, -0.2) is 0 Å². The van der Waals surface area contributed by atoms with Crippen LogP contribution in [0.15, 0.2) is 42.5 Å². The van der Waals surface area contributed by atoms with Gasteiger partial charge in [0.15, 0.2) is 0 Å². The lowest BCUT2D eigenvalue weighted by Gasteiger charge is -2.13. The van der Waals surface area contributed by atoms with Crippen molar-refractivity contribution >= 4 is 22.3 Å². The first-order valence-corrected chi connectivity index (χ1v) is 7.95. The van der Waals surface area contributed by atoms with Crippen molar-refractivity contribution < 1.29 is 17.1 Å². The molecule has 3 aromatic rings. The van der Waals surface area contributed by atoms with Crippen LogP contribution in [0.2, 0.25) is 0 Å². The van der Waals surface area contributed by atoms with Crippen LogP contribution in [0.4, 0.5) is 11.4 Å². The predicted molar refractivity (Wildman–Crippen MR) is 96.8 cm³/mol. The lowest BCUT2D eigenvalue weighted by molar-refractivity contribution is -0.00000547. The van der Waals surface area contributed by atoms with Crippen molar-refractivity contribution in [1.29, 1.82) is 0 Å². The molecule has 0 fully saturated rings. The quantitative estimate of drug-likeness (QED) is 0.790. The van der Waals surface area contributed by atoms with E-state index in [0.29, 0.717) is 6.61 Å².